The van der Waals surface area contributed by atoms with Gasteiger partial charge in [-0.05, 0) is 31.4 Å². The highest BCUT2D eigenvalue weighted by Crippen LogP contribution is 2.43. The number of fused-ring (bicyclic) bond motifs is 1. The highest BCUT2D eigenvalue weighted by atomic mass is 16.5. The number of aromatic nitrogens is 2. The minimum atomic E-state index is 0.682. The second kappa shape index (κ2) is 7.78. The Bertz CT molecular complexity index is 727. The number of methoxy groups -OCH3 is 3. The van der Waals surface area contributed by atoms with Gasteiger partial charge in [0.25, 0.3) is 0 Å². The molecule has 0 spiro atoms. The van der Waals surface area contributed by atoms with Crippen LogP contribution in [0.4, 0.5) is 0 Å². The maximum atomic E-state index is 5.67. The summed E-state index contributed by atoms with van der Waals surface area (Å²) in [4.78, 5) is 2.47. The van der Waals surface area contributed by atoms with Gasteiger partial charge >= 0.3 is 0 Å². The fraction of sp³-hybridized carbons (Fsp3) is 0.526. The molecule has 6 nitrogen and oxygen atoms in total. The van der Waals surface area contributed by atoms with Crippen molar-refractivity contribution < 1.29 is 14.2 Å². The first-order valence-corrected chi connectivity index (χ1v) is 8.74. The van der Waals surface area contributed by atoms with Gasteiger partial charge in [-0.1, -0.05) is 0 Å². The van der Waals surface area contributed by atoms with Crippen LogP contribution in [-0.2, 0) is 25.9 Å². The molecular weight excluding hydrogens is 318 g/mol. The predicted molar refractivity (Wildman–Crippen MR) is 96.7 cm³/mol. The van der Waals surface area contributed by atoms with Crippen LogP contribution < -0.4 is 14.2 Å². The summed E-state index contributed by atoms with van der Waals surface area (Å²) in [5.41, 5.74) is 3.77. The first-order valence-electron chi connectivity index (χ1n) is 8.74. The van der Waals surface area contributed by atoms with Crippen molar-refractivity contribution in [2.24, 2.45) is 0 Å². The normalized spacial score (nSPS) is 14.7. The predicted octanol–water partition coefficient (Wildman–Crippen LogP) is 2.53. The molecule has 0 radical (unpaired) electrons. The SMILES string of the molecule is CCn1cc(CN2CCc3cc(OC)c(OC)c(OC)c3CC2)cn1. The van der Waals surface area contributed by atoms with Crippen LogP contribution in [0.1, 0.15) is 23.6 Å². The molecule has 0 unspecified atom stereocenters. The van der Waals surface area contributed by atoms with E-state index in [0.717, 1.165) is 50.5 Å². The van der Waals surface area contributed by atoms with E-state index in [9.17, 15) is 0 Å². The number of nitrogens with zero attached hydrogens (tertiary/aromatic N) is 3. The smallest absolute Gasteiger partial charge is 0.203 e. The van der Waals surface area contributed by atoms with Crippen LogP contribution in [0.3, 0.4) is 0 Å². The first-order chi connectivity index (χ1) is 12.2. The molecular formula is C19H27N3O3. The Morgan fingerprint density at radius 3 is 2.44 bits per heavy atom. The van der Waals surface area contributed by atoms with Crippen molar-refractivity contribution in [2.75, 3.05) is 34.4 Å². The van der Waals surface area contributed by atoms with Gasteiger partial charge in [0, 0.05) is 43.5 Å². The molecule has 1 aliphatic rings. The molecule has 1 aliphatic heterocycles. The zero-order chi connectivity index (χ0) is 17.8. The Kier molecular flexibility index (Phi) is 5.48. The molecule has 2 aromatic rings. The summed E-state index contributed by atoms with van der Waals surface area (Å²) in [5, 5.41) is 4.37. The van der Waals surface area contributed by atoms with Crippen LogP contribution in [-0.4, -0.2) is 49.1 Å². The average Bonchev–Trinajstić information content (AvgIpc) is 3.00. The summed E-state index contributed by atoms with van der Waals surface area (Å²) < 4.78 is 18.7. The third-order valence-corrected chi connectivity index (χ3v) is 4.82. The lowest BCUT2D eigenvalue weighted by atomic mass is 10.0. The van der Waals surface area contributed by atoms with Gasteiger partial charge in [0.1, 0.15) is 0 Å². The minimum absolute atomic E-state index is 0.682. The molecule has 1 aromatic heterocycles. The Labute approximate surface area is 149 Å². The quantitative estimate of drug-likeness (QED) is 0.805. The molecule has 0 bridgehead atoms. The summed E-state index contributed by atoms with van der Waals surface area (Å²) >= 11 is 0. The topological polar surface area (TPSA) is 48.8 Å². The number of rotatable bonds is 6. The standard InChI is InChI=1S/C19H27N3O3/c1-5-22-13-14(11-20-22)12-21-8-6-15-10-17(23-2)19(25-4)18(24-3)16(15)7-9-21/h10-11,13H,5-9,12H2,1-4H3. The molecule has 0 N–H and O–H groups in total. The van der Waals surface area contributed by atoms with E-state index in [4.69, 9.17) is 14.2 Å². The summed E-state index contributed by atoms with van der Waals surface area (Å²) in [5.74, 6) is 2.22. The lowest BCUT2D eigenvalue weighted by molar-refractivity contribution is 0.278. The monoisotopic (exact) mass is 345 g/mol. The zero-order valence-electron chi connectivity index (χ0n) is 15.5. The Morgan fingerprint density at radius 2 is 1.80 bits per heavy atom. The number of aryl methyl sites for hydroxylation is 1. The van der Waals surface area contributed by atoms with Crippen LogP contribution in [0.15, 0.2) is 18.5 Å². The van der Waals surface area contributed by atoms with Crippen LogP contribution in [0.5, 0.6) is 17.2 Å². The Morgan fingerprint density at radius 1 is 1.04 bits per heavy atom. The van der Waals surface area contributed by atoms with E-state index in [0.29, 0.717) is 5.75 Å². The summed E-state index contributed by atoms with van der Waals surface area (Å²) in [7, 11) is 5.01. The van der Waals surface area contributed by atoms with E-state index in [1.54, 1.807) is 21.3 Å². The molecule has 0 aliphatic carbocycles. The van der Waals surface area contributed by atoms with Gasteiger partial charge in [0.2, 0.25) is 5.75 Å². The van der Waals surface area contributed by atoms with E-state index in [2.05, 4.69) is 29.2 Å². The van der Waals surface area contributed by atoms with Gasteiger partial charge in [-0.3, -0.25) is 9.58 Å². The molecule has 0 saturated heterocycles. The first kappa shape index (κ1) is 17.6. The second-order valence-electron chi connectivity index (χ2n) is 6.26. The Balaban J connectivity index is 1.81. The molecule has 0 saturated carbocycles. The van der Waals surface area contributed by atoms with Crippen molar-refractivity contribution in [1.82, 2.24) is 14.7 Å². The molecule has 136 valence electrons. The third-order valence-electron chi connectivity index (χ3n) is 4.82. The zero-order valence-corrected chi connectivity index (χ0v) is 15.5. The molecule has 0 amide bonds. The maximum absolute atomic E-state index is 5.67. The van der Waals surface area contributed by atoms with Gasteiger partial charge in [0.15, 0.2) is 11.5 Å². The molecule has 1 aromatic carbocycles. The molecule has 0 atom stereocenters. The van der Waals surface area contributed by atoms with Crippen molar-refractivity contribution in [1.29, 1.82) is 0 Å². The lowest BCUT2D eigenvalue weighted by Gasteiger charge is -2.18. The van der Waals surface area contributed by atoms with Crippen molar-refractivity contribution in [3.63, 3.8) is 0 Å². The largest absolute Gasteiger partial charge is 0.493 e. The highest BCUT2D eigenvalue weighted by molar-refractivity contribution is 5.59. The molecule has 3 rings (SSSR count). The fourth-order valence-corrected chi connectivity index (χ4v) is 3.50. The average molecular weight is 345 g/mol. The number of benzene rings is 1. The van der Waals surface area contributed by atoms with Gasteiger partial charge in [0.05, 0.1) is 27.5 Å². The third kappa shape index (κ3) is 3.58. The van der Waals surface area contributed by atoms with Crippen molar-refractivity contribution in [3.05, 3.63) is 35.2 Å². The molecule has 6 heteroatoms. The van der Waals surface area contributed by atoms with Gasteiger partial charge in [-0.25, -0.2) is 0 Å². The fourth-order valence-electron chi connectivity index (χ4n) is 3.50. The summed E-state index contributed by atoms with van der Waals surface area (Å²) in [6.07, 6.45) is 5.99. The van der Waals surface area contributed by atoms with Gasteiger partial charge in [-0.2, -0.15) is 5.10 Å². The number of hydrogen-bond donors (Lipinski definition) is 0. The van der Waals surface area contributed by atoms with E-state index in [-0.39, 0.29) is 0 Å². The van der Waals surface area contributed by atoms with E-state index in [1.165, 1.54) is 16.7 Å². The van der Waals surface area contributed by atoms with E-state index in [1.807, 2.05) is 10.9 Å². The Hall–Kier alpha value is -2.21. The van der Waals surface area contributed by atoms with Gasteiger partial charge in [-0.15, -0.1) is 0 Å². The maximum Gasteiger partial charge on any atom is 0.203 e. The van der Waals surface area contributed by atoms with Crippen molar-refractivity contribution in [2.45, 2.75) is 32.9 Å². The number of ether oxygens (including phenoxy) is 3. The van der Waals surface area contributed by atoms with Gasteiger partial charge < -0.3 is 14.2 Å². The summed E-state index contributed by atoms with van der Waals surface area (Å²) in [6, 6.07) is 2.09. The van der Waals surface area contributed by atoms with Crippen LogP contribution in [0.2, 0.25) is 0 Å². The van der Waals surface area contributed by atoms with E-state index >= 15 is 0 Å². The van der Waals surface area contributed by atoms with E-state index < -0.39 is 0 Å². The van der Waals surface area contributed by atoms with Crippen LogP contribution in [0, 0.1) is 0 Å². The highest BCUT2D eigenvalue weighted by Gasteiger charge is 2.23. The lowest BCUT2D eigenvalue weighted by Crippen LogP contribution is -2.25. The number of hydrogen-bond acceptors (Lipinski definition) is 5. The molecule has 0 fully saturated rings. The van der Waals surface area contributed by atoms with Crippen molar-refractivity contribution in [3.8, 4) is 17.2 Å². The minimum Gasteiger partial charge on any atom is -0.493 e. The molecule has 25 heavy (non-hydrogen) atoms. The van der Waals surface area contributed by atoms with Crippen LogP contribution in [0.25, 0.3) is 0 Å². The van der Waals surface area contributed by atoms with Crippen LogP contribution >= 0.6 is 0 Å². The second-order valence-corrected chi connectivity index (χ2v) is 6.26. The molecule has 2 heterocycles. The van der Waals surface area contributed by atoms with Crippen molar-refractivity contribution >= 4 is 0 Å². The summed E-state index contributed by atoms with van der Waals surface area (Å²) in [6.45, 7) is 5.91.